The second kappa shape index (κ2) is 7.00. The minimum atomic E-state index is 0.251. The molecule has 1 heterocycles. The van der Waals surface area contributed by atoms with Gasteiger partial charge in [-0.1, -0.05) is 6.92 Å². The molecule has 2 N–H and O–H groups in total. The van der Waals surface area contributed by atoms with Crippen LogP contribution in [0.25, 0.3) is 0 Å². The maximum atomic E-state index is 8.77. The van der Waals surface area contributed by atoms with Crippen LogP contribution in [0.3, 0.4) is 0 Å². The van der Waals surface area contributed by atoms with E-state index in [1.165, 1.54) is 24.8 Å². The molecule has 1 fully saturated rings. The second-order valence-corrected chi connectivity index (χ2v) is 6.19. The Balaban J connectivity index is 1.86. The number of hydrogen-bond acceptors (Lipinski definition) is 4. The SMILES string of the molecule is C[C@@H]1CC[C@@H](Nc2cc(CSCCO)ccn2)C1. The van der Waals surface area contributed by atoms with E-state index in [0.717, 1.165) is 23.2 Å². The van der Waals surface area contributed by atoms with Crippen LogP contribution >= 0.6 is 11.8 Å². The molecule has 100 valence electrons. The molecule has 4 heteroatoms. The van der Waals surface area contributed by atoms with Crippen molar-refractivity contribution in [3.63, 3.8) is 0 Å². The number of pyridine rings is 1. The Hall–Kier alpha value is -0.740. The Bertz CT molecular complexity index is 373. The molecule has 1 aromatic rings. The maximum Gasteiger partial charge on any atom is 0.126 e. The minimum absolute atomic E-state index is 0.251. The number of anilines is 1. The summed E-state index contributed by atoms with van der Waals surface area (Å²) in [6.07, 6.45) is 5.71. The molecule has 0 amide bonds. The Morgan fingerprint density at radius 1 is 1.50 bits per heavy atom. The molecular formula is C14H22N2OS. The highest BCUT2D eigenvalue weighted by Gasteiger charge is 2.21. The summed E-state index contributed by atoms with van der Waals surface area (Å²) < 4.78 is 0. The van der Waals surface area contributed by atoms with Gasteiger partial charge in [0, 0.05) is 23.7 Å². The molecule has 1 aliphatic carbocycles. The van der Waals surface area contributed by atoms with Gasteiger partial charge in [0.05, 0.1) is 6.61 Å². The monoisotopic (exact) mass is 266 g/mol. The summed E-state index contributed by atoms with van der Waals surface area (Å²) in [5.41, 5.74) is 1.27. The van der Waals surface area contributed by atoms with Crippen LogP contribution in [-0.4, -0.2) is 28.5 Å². The Kier molecular flexibility index (Phi) is 5.32. The maximum absolute atomic E-state index is 8.77. The van der Waals surface area contributed by atoms with Crippen molar-refractivity contribution in [3.05, 3.63) is 23.9 Å². The van der Waals surface area contributed by atoms with E-state index in [9.17, 15) is 0 Å². The molecular weight excluding hydrogens is 244 g/mol. The van der Waals surface area contributed by atoms with Gasteiger partial charge >= 0.3 is 0 Å². The Labute approximate surface area is 113 Å². The average molecular weight is 266 g/mol. The fraction of sp³-hybridized carbons (Fsp3) is 0.643. The molecule has 0 aliphatic heterocycles. The van der Waals surface area contributed by atoms with Crippen molar-refractivity contribution in [1.29, 1.82) is 0 Å². The molecule has 0 spiro atoms. The number of nitrogens with zero attached hydrogens (tertiary/aromatic N) is 1. The molecule has 0 aromatic carbocycles. The van der Waals surface area contributed by atoms with Crippen molar-refractivity contribution in [2.24, 2.45) is 5.92 Å². The lowest BCUT2D eigenvalue weighted by Crippen LogP contribution is -2.16. The van der Waals surface area contributed by atoms with Gasteiger partial charge in [-0.05, 0) is 42.9 Å². The Morgan fingerprint density at radius 2 is 2.39 bits per heavy atom. The molecule has 18 heavy (non-hydrogen) atoms. The van der Waals surface area contributed by atoms with Crippen LogP contribution < -0.4 is 5.32 Å². The number of aliphatic hydroxyl groups is 1. The first-order chi connectivity index (χ1) is 8.78. The summed E-state index contributed by atoms with van der Waals surface area (Å²) in [6.45, 7) is 2.57. The van der Waals surface area contributed by atoms with Crippen molar-refractivity contribution in [1.82, 2.24) is 4.98 Å². The van der Waals surface area contributed by atoms with E-state index in [2.05, 4.69) is 23.3 Å². The van der Waals surface area contributed by atoms with Crippen LogP contribution in [0.15, 0.2) is 18.3 Å². The van der Waals surface area contributed by atoms with Crippen LogP contribution in [0.2, 0.25) is 0 Å². The van der Waals surface area contributed by atoms with Gasteiger partial charge in [-0.15, -0.1) is 0 Å². The lowest BCUT2D eigenvalue weighted by molar-refractivity contribution is 0.322. The summed E-state index contributed by atoms with van der Waals surface area (Å²) in [5, 5.41) is 12.3. The van der Waals surface area contributed by atoms with Gasteiger partial charge in [0.1, 0.15) is 5.82 Å². The lowest BCUT2D eigenvalue weighted by atomic mass is 10.1. The van der Waals surface area contributed by atoms with Crippen molar-refractivity contribution in [2.75, 3.05) is 17.7 Å². The van der Waals surface area contributed by atoms with Crippen LogP contribution in [0.1, 0.15) is 31.7 Å². The number of aliphatic hydroxyl groups excluding tert-OH is 1. The first kappa shape index (κ1) is 13.7. The number of rotatable bonds is 6. The van der Waals surface area contributed by atoms with E-state index in [1.807, 2.05) is 12.3 Å². The molecule has 0 unspecified atom stereocenters. The third-order valence-corrected chi connectivity index (χ3v) is 4.38. The fourth-order valence-corrected chi connectivity index (χ4v) is 3.13. The Morgan fingerprint density at radius 3 is 3.11 bits per heavy atom. The minimum Gasteiger partial charge on any atom is -0.396 e. The third-order valence-electron chi connectivity index (χ3n) is 3.38. The fourth-order valence-electron chi connectivity index (χ4n) is 2.44. The van der Waals surface area contributed by atoms with E-state index in [4.69, 9.17) is 5.11 Å². The van der Waals surface area contributed by atoms with E-state index >= 15 is 0 Å². The predicted molar refractivity (Wildman–Crippen MR) is 77.9 cm³/mol. The van der Waals surface area contributed by atoms with E-state index < -0.39 is 0 Å². The standard InChI is InChI=1S/C14H22N2OS/c1-11-2-3-13(8-11)16-14-9-12(4-5-15-14)10-18-7-6-17/h4-5,9,11,13,17H,2-3,6-8,10H2,1H3,(H,15,16)/t11-,13-/m1/s1. The summed E-state index contributed by atoms with van der Waals surface area (Å²) in [5.74, 6) is 3.58. The van der Waals surface area contributed by atoms with Crippen LogP contribution in [0.5, 0.6) is 0 Å². The van der Waals surface area contributed by atoms with Gasteiger partial charge in [-0.25, -0.2) is 4.98 Å². The van der Waals surface area contributed by atoms with Crippen LogP contribution in [0.4, 0.5) is 5.82 Å². The zero-order valence-electron chi connectivity index (χ0n) is 10.9. The van der Waals surface area contributed by atoms with Gasteiger partial charge in [0.25, 0.3) is 0 Å². The zero-order valence-corrected chi connectivity index (χ0v) is 11.7. The smallest absolute Gasteiger partial charge is 0.126 e. The molecule has 0 saturated heterocycles. The number of nitrogens with one attached hydrogen (secondary N) is 1. The van der Waals surface area contributed by atoms with E-state index in [1.54, 1.807) is 11.8 Å². The van der Waals surface area contributed by atoms with Crippen molar-refractivity contribution in [3.8, 4) is 0 Å². The van der Waals surface area contributed by atoms with Crippen LogP contribution in [0, 0.1) is 5.92 Å². The molecule has 0 bridgehead atoms. The normalized spacial score (nSPS) is 23.2. The molecule has 1 aliphatic rings. The van der Waals surface area contributed by atoms with Gasteiger partial charge in [0.2, 0.25) is 0 Å². The molecule has 1 saturated carbocycles. The highest BCUT2D eigenvalue weighted by molar-refractivity contribution is 7.98. The molecule has 2 rings (SSSR count). The highest BCUT2D eigenvalue weighted by atomic mass is 32.2. The van der Waals surface area contributed by atoms with Gasteiger partial charge in [-0.2, -0.15) is 11.8 Å². The summed E-state index contributed by atoms with van der Waals surface area (Å²) >= 11 is 1.75. The number of thioether (sulfide) groups is 1. The molecule has 2 atom stereocenters. The van der Waals surface area contributed by atoms with Crippen LogP contribution in [-0.2, 0) is 5.75 Å². The van der Waals surface area contributed by atoms with Gasteiger partial charge in [-0.3, -0.25) is 0 Å². The first-order valence-electron chi connectivity index (χ1n) is 6.68. The number of hydrogen-bond donors (Lipinski definition) is 2. The zero-order chi connectivity index (χ0) is 12.8. The highest BCUT2D eigenvalue weighted by Crippen LogP contribution is 2.27. The molecule has 3 nitrogen and oxygen atoms in total. The second-order valence-electron chi connectivity index (χ2n) is 5.09. The number of aromatic nitrogens is 1. The largest absolute Gasteiger partial charge is 0.396 e. The van der Waals surface area contributed by atoms with Crippen molar-refractivity contribution >= 4 is 17.6 Å². The average Bonchev–Trinajstić information content (AvgIpc) is 2.76. The molecule has 0 radical (unpaired) electrons. The lowest BCUT2D eigenvalue weighted by Gasteiger charge is -2.13. The summed E-state index contributed by atoms with van der Waals surface area (Å²) in [6, 6.07) is 4.77. The van der Waals surface area contributed by atoms with Gasteiger partial charge < -0.3 is 10.4 Å². The van der Waals surface area contributed by atoms with Gasteiger partial charge in [0.15, 0.2) is 0 Å². The van der Waals surface area contributed by atoms with E-state index in [0.29, 0.717) is 6.04 Å². The quantitative estimate of drug-likeness (QED) is 0.777. The summed E-state index contributed by atoms with van der Waals surface area (Å²) in [7, 11) is 0. The van der Waals surface area contributed by atoms with Crippen molar-refractivity contribution < 1.29 is 5.11 Å². The third kappa shape index (κ3) is 4.18. The first-order valence-corrected chi connectivity index (χ1v) is 7.83. The topological polar surface area (TPSA) is 45.1 Å². The van der Waals surface area contributed by atoms with E-state index in [-0.39, 0.29) is 6.61 Å². The van der Waals surface area contributed by atoms with Crippen molar-refractivity contribution in [2.45, 2.75) is 38.0 Å². The molecule has 1 aromatic heterocycles. The summed E-state index contributed by atoms with van der Waals surface area (Å²) in [4.78, 5) is 4.39. The predicted octanol–water partition coefficient (Wildman–Crippen LogP) is 2.91.